The number of aromatic nitrogens is 1. The lowest BCUT2D eigenvalue weighted by Crippen LogP contribution is -2.35. The van der Waals surface area contributed by atoms with Crippen LogP contribution in [0.3, 0.4) is 0 Å². The average molecular weight is 222 g/mol. The maximum Gasteiger partial charge on any atom is 0.238 e. The molecule has 0 aliphatic carbocycles. The van der Waals surface area contributed by atoms with Gasteiger partial charge in [0.15, 0.2) is 0 Å². The minimum absolute atomic E-state index is 0.474. The smallest absolute Gasteiger partial charge is 0.238 e. The molecule has 0 amide bonds. The van der Waals surface area contributed by atoms with E-state index in [0.29, 0.717) is 11.6 Å². The lowest BCUT2D eigenvalue weighted by atomic mass is 10.2. The molecule has 0 unspecified atom stereocenters. The van der Waals surface area contributed by atoms with E-state index in [-0.39, 0.29) is 0 Å². The highest BCUT2D eigenvalue weighted by atomic mass is 16.5. The molecule has 88 valence electrons. The fraction of sp³-hybridized carbons (Fsp3) is 0.545. The van der Waals surface area contributed by atoms with E-state index in [2.05, 4.69) is 15.4 Å². The summed E-state index contributed by atoms with van der Waals surface area (Å²) in [6.45, 7) is 2.13. The second-order valence-corrected chi connectivity index (χ2v) is 3.95. The van der Waals surface area contributed by atoms with E-state index in [1.165, 1.54) is 19.3 Å². The van der Waals surface area contributed by atoms with Crippen molar-refractivity contribution in [1.29, 1.82) is 0 Å². The maximum atomic E-state index is 5.70. The monoisotopic (exact) mass is 222 g/mol. The van der Waals surface area contributed by atoms with Gasteiger partial charge in [0.1, 0.15) is 5.82 Å². The Morgan fingerprint density at radius 3 is 2.75 bits per heavy atom. The largest absolute Gasteiger partial charge is 0.479 e. The first-order valence-electron chi connectivity index (χ1n) is 5.62. The molecule has 0 radical (unpaired) electrons. The summed E-state index contributed by atoms with van der Waals surface area (Å²) in [5.41, 5.74) is 9.54. The molecule has 1 aromatic heterocycles. The van der Waals surface area contributed by atoms with Crippen molar-refractivity contribution in [2.45, 2.75) is 19.3 Å². The van der Waals surface area contributed by atoms with Gasteiger partial charge < -0.3 is 15.9 Å². The van der Waals surface area contributed by atoms with E-state index in [0.717, 1.165) is 18.9 Å². The SMILES string of the molecule is COc1nc(NN2CCCCC2)ccc1N. The molecule has 1 aliphatic rings. The van der Waals surface area contributed by atoms with Gasteiger partial charge in [0.2, 0.25) is 5.88 Å². The van der Waals surface area contributed by atoms with Gasteiger partial charge in [0, 0.05) is 13.1 Å². The Balaban J connectivity index is 2.03. The summed E-state index contributed by atoms with van der Waals surface area (Å²) < 4.78 is 5.08. The van der Waals surface area contributed by atoms with Crippen LogP contribution in [-0.2, 0) is 0 Å². The first-order chi connectivity index (χ1) is 7.79. The Labute approximate surface area is 95.6 Å². The molecule has 1 fully saturated rings. The van der Waals surface area contributed by atoms with Crippen LogP contribution < -0.4 is 15.9 Å². The van der Waals surface area contributed by atoms with Crippen molar-refractivity contribution in [3.63, 3.8) is 0 Å². The summed E-state index contributed by atoms with van der Waals surface area (Å²) in [6, 6.07) is 3.67. The van der Waals surface area contributed by atoms with Crippen LogP contribution in [0.2, 0.25) is 0 Å². The molecule has 2 heterocycles. The van der Waals surface area contributed by atoms with Crippen LogP contribution in [0.1, 0.15) is 19.3 Å². The number of nitrogens with two attached hydrogens (primary N) is 1. The van der Waals surface area contributed by atoms with Gasteiger partial charge in [-0.25, -0.2) is 5.01 Å². The summed E-state index contributed by atoms with van der Waals surface area (Å²) >= 11 is 0. The molecule has 0 aromatic carbocycles. The Bertz CT molecular complexity index is 350. The van der Waals surface area contributed by atoms with Crippen molar-refractivity contribution in [2.75, 3.05) is 31.4 Å². The Morgan fingerprint density at radius 1 is 1.31 bits per heavy atom. The molecule has 0 atom stereocenters. The minimum Gasteiger partial charge on any atom is -0.479 e. The molecular weight excluding hydrogens is 204 g/mol. The Morgan fingerprint density at radius 2 is 2.06 bits per heavy atom. The van der Waals surface area contributed by atoms with Crippen LogP contribution >= 0.6 is 0 Å². The summed E-state index contributed by atoms with van der Waals surface area (Å²) in [5, 5.41) is 2.18. The number of hydrogen-bond acceptors (Lipinski definition) is 5. The lowest BCUT2D eigenvalue weighted by molar-refractivity contribution is 0.271. The number of ether oxygens (including phenoxy) is 1. The number of methoxy groups -OCH3 is 1. The average Bonchev–Trinajstić information content (AvgIpc) is 2.33. The number of nitrogens with one attached hydrogen (secondary N) is 1. The van der Waals surface area contributed by atoms with Gasteiger partial charge in [0.05, 0.1) is 12.8 Å². The van der Waals surface area contributed by atoms with Gasteiger partial charge in [-0.05, 0) is 25.0 Å². The van der Waals surface area contributed by atoms with Gasteiger partial charge in [0.25, 0.3) is 0 Å². The molecule has 1 aromatic rings. The zero-order valence-corrected chi connectivity index (χ0v) is 9.57. The van der Waals surface area contributed by atoms with Crippen LogP contribution in [0.15, 0.2) is 12.1 Å². The zero-order chi connectivity index (χ0) is 11.4. The van der Waals surface area contributed by atoms with E-state index in [1.807, 2.05) is 6.07 Å². The van der Waals surface area contributed by atoms with E-state index >= 15 is 0 Å². The van der Waals surface area contributed by atoms with Gasteiger partial charge in [-0.3, -0.25) is 0 Å². The number of hydrogen-bond donors (Lipinski definition) is 2. The quantitative estimate of drug-likeness (QED) is 0.811. The van der Waals surface area contributed by atoms with Crippen molar-refractivity contribution < 1.29 is 4.74 Å². The normalized spacial score (nSPS) is 17.1. The van der Waals surface area contributed by atoms with Gasteiger partial charge in [-0.1, -0.05) is 6.42 Å². The zero-order valence-electron chi connectivity index (χ0n) is 9.57. The van der Waals surface area contributed by atoms with Crippen molar-refractivity contribution in [1.82, 2.24) is 9.99 Å². The fourth-order valence-electron chi connectivity index (χ4n) is 1.84. The van der Waals surface area contributed by atoms with Crippen molar-refractivity contribution in [2.24, 2.45) is 0 Å². The highest BCUT2D eigenvalue weighted by molar-refractivity contribution is 5.53. The Kier molecular flexibility index (Phi) is 3.46. The summed E-state index contributed by atoms with van der Waals surface area (Å²) in [4.78, 5) is 4.28. The number of nitrogen functional groups attached to an aromatic ring is 1. The third-order valence-electron chi connectivity index (χ3n) is 2.71. The number of nitrogens with zero attached hydrogens (tertiary/aromatic N) is 2. The molecule has 5 heteroatoms. The summed E-state index contributed by atoms with van der Waals surface area (Å²) in [6.07, 6.45) is 3.79. The van der Waals surface area contributed by atoms with Gasteiger partial charge in [-0.15, -0.1) is 0 Å². The maximum absolute atomic E-state index is 5.70. The number of hydrazine groups is 1. The second-order valence-electron chi connectivity index (χ2n) is 3.95. The van der Waals surface area contributed by atoms with E-state index < -0.39 is 0 Å². The third-order valence-corrected chi connectivity index (χ3v) is 2.71. The predicted molar refractivity (Wildman–Crippen MR) is 64.2 cm³/mol. The standard InChI is InChI=1S/C11H18N4O/c1-16-11-9(12)5-6-10(13-11)14-15-7-3-2-4-8-15/h5-6H,2-4,7-8,12H2,1H3,(H,13,14). The van der Waals surface area contributed by atoms with Crippen LogP contribution in [0, 0.1) is 0 Å². The van der Waals surface area contributed by atoms with Crippen LogP contribution in [-0.4, -0.2) is 30.2 Å². The van der Waals surface area contributed by atoms with Crippen LogP contribution in [0.25, 0.3) is 0 Å². The van der Waals surface area contributed by atoms with Gasteiger partial charge >= 0.3 is 0 Å². The van der Waals surface area contributed by atoms with Crippen molar-refractivity contribution in [3.05, 3.63) is 12.1 Å². The van der Waals surface area contributed by atoms with E-state index in [9.17, 15) is 0 Å². The lowest BCUT2D eigenvalue weighted by Gasteiger charge is -2.27. The molecule has 0 bridgehead atoms. The second kappa shape index (κ2) is 5.03. The van der Waals surface area contributed by atoms with Crippen LogP contribution in [0.4, 0.5) is 11.5 Å². The molecule has 0 spiro atoms. The van der Waals surface area contributed by atoms with E-state index in [1.54, 1.807) is 13.2 Å². The number of pyridine rings is 1. The number of anilines is 2. The minimum atomic E-state index is 0.474. The molecule has 16 heavy (non-hydrogen) atoms. The molecule has 3 N–H and O–H groups in total. The van der Waals surface area contributed by atoms with Crippen molar-refractivity contribution in [3.8, 4) is 5.88 Å². The van der Waals surface area contributed by atoms with Gasteiger partial charge in [-0.2, -0.15) is 4.98 Å². The fourth-order valence-corrected chi connectivity index (χ4v) is 1.84. The van der Waals surface area contributed by atoms with Crippen LogP contribution in [0.5, 0.6) is 5.88 Å². The molecule has 1 saturated heterocycles. The predicted octanol–water partition coefficient (Wildman–Crippen LogP) is 1.49. The summed E-state index contributed by atoms with van der Waals surface area (Å²) in [7, 11) is 1.57. The first-order valence-corrected chi connectivity index (χ1v) is 5.62. The molecule has 1 aliphatic heterocycles. The highest BCUT2D eigenvalue weighted by Crippen LogP contribution is 2.21. The molecule has 5 nitrogen and oxygen atoms in total. The highest BCUT2D eigenvalue weighted by Gasteiger charge is 2.11. The first kappa shape index (κ1) is 11.0. The number of piperidine rings is 1. The summed E-state index contributed by atoms with van der Waals surface area (Å²) in [5.74, 6) is 1.26. The number of rotatable bonds is 3. The molecule has 2 rings (SSSR count). The van der Waals surface area contributed by atoms with E-state index in [4.69, 9.17) is 10.5 Å². The molecule has 0 saturated carbocycles. The Hall–Kier alpha value is -1.49. The third kappa shape index (κ3) is 2.55. The van der Waals surface area contributed by atoms with Crippen molar-refractivity contribution >= 4 is 11.5 Å². The molecular formula is C11H18N4O. The topological polar surface area (TPSA) is 63.4 Å².